The lowest BCUT2D eigenvalue weighted by atomic mass is 9.85. The van der Waals surface area contributed by atoms with Crippen molar-refractivity contribution in [3.8, 4) is 0 Å². The van der Waals surface area contributed by atoms with Gasteiger partial charge in [0, 0.05) is 42.1 Å². The normalized spacial score (nSPS) is 22.2. The van der Waals surface area contributed by atoms with Gasteiger partial charge in [-0.3, -0.25) is 9.59 Å². The Morgan fingerprint density at radius 2 is 2.10 bits per heavy atom. The molecule has 1 aromatic heterocycles. The quantitative estimate of drug-likeness (QED) is 0.867. The van der Waals surface area contributed by atoms with Crippen LogP contribution in [0.5, 0.6) is 0 Å². The van der Waals surface area contributed by atoms with Crippen molar-refractivity contribution in [3.63, 3.8) is 0 Å². The summed E-state index contributed by atoms with van der Waals surface area (Å²) < 4.78 is 1.67. The van der Waals surface area contributed by atoms with Crippen LogP contribution in [0.25, 0.3) is 0 Å². The fraction of sp³-hybridized carbons (Fsp3) is 0.733. The van der Waals surface area contributed by atoms with Crippen LogP contribution in [0.1, 0.15) is 42.7 Å². The van der Waals surface area contributed by atoms with Crippen molar-refractivity contribution in [3.05, 3.63) is 20.2 Å². The van der Waals surface area contributed by atoms with E-state index in [1.165, 1.54) is 11.3 Å². The minimum Gasteiger partial charge on any atom is -0.396 e. The molecule has 1 aliphatic rings. The van der Waals surface area contributed by atoms with Crippen LogP contribution in [0.2, 0.25) is 0 Å². The Morgan fingerprint density at radius 3 is 2.71 bits per heavy atom. The maximum Gasteiger partial charge on any atom is 0.307 e. The molecule has 5 nitrogen and oxygen atoms in total. The number of hydrogen-bond donors (Lipinski definition) is 2. The van der Waals surface area contributed by atoms with Crippen LogP contribution in [0.4, 0.5) is 0 Å². The summed E-state index contributed by atoms with van der Waals surface area (Å²) in [7, 11) is 0. The maximum absolute atomic E-state index is 12.1. The van der Waals surface area contributed by atoms with Gasteiger partial charge in [0.25, 0.3) is 0 Å². The lowest BCUT2D eigenvalue weighted by Gasteiger charge is -2.30. The first kappa shape index (κ1) is 16.2. The summed E-state index contributed by atoms with van der Waals surface area (Å²) in [6, 6.07) is 0.0817. The number of carbonyl (C=O) groups is 1. The van der Waals surface area contributed by atoms with Gasteiger partial charge in [0.1, 0.15) is 0 Å². The summed E-state index contributed by atoms with van der Waals surface area (Å²) >= 11 is 1.23. The number of rotatable bonds is 5. The topological polar surface area (TPSA) is 71.3 Å². The predicted molar refractivity (Wildman–Crippen MR) is 83.6 cm³/mol. The smallest absolute Gasteiger partial charge is 0.307 e. The summed E-state index contributed by atoms with van der Waals surface area (Å²) in [5.41, 5.74) is 0.948. The molecular weight excluding hydrogens is 288 g/mol. The molecule has 0 aliphatic heterocycles. The van der Waals surface area contributed by atoms with Crippen molar-refractivity contribution in [2.75, 3.05) is 6.61 Å². The number of aliphatic hydroxyl groups is 1. The summed E-state index contributed by atoms with van der Waals surface area (Å²) in [5.74, 6) is 0.144. The minimum atomic E-state index is -0.0319. The molecule has 2 unspecified atom stereocenters. The highest BCUT2D eigenvalue weighted by Gasteiger charge is 2.25. The molecule has 1 fully saturated rings. The molecule has 2 atom stereocenters. The van der Waals surface area contributed by atoms with Crippen LogP contribution in [-0.2, 0) is 11.3 Å². The fourth-order valence-corrected chi connectivity index (χ4v) is 3.81. The van der Waals surface area contributed by atoms with Crippen LogP contribution < -0.4 is 10.2 Å². The lowest BCUT2D eigenvalue weighted by molar-refractivity contribution is -0.122. The van der Waals surface area contributed by atoms with Crippen LogP contribution in [0.15, 0.2) is 4.79 Å². The number of aliphatic hydroxyl groups excluding tert-OH is 1. The molecule has 0 aromatic carbocycles. The van der Waals surface area contributed by atoms with E-state index < -0.39 is 0 Å². The molecule has 1 saturated carbocycles. The molecule has 1 amide bonds. The number of carbonyl (C=O) groups excluding carboxylic acids is 1. The molecule has 6 heteroatoms. The Kier molecular flexibility index (Phi) is 5.58. The predicted octanol–water partition coefficient (Wildman–Crippen LogP) is 1.58. The van der Waals surface area contributed by atoms with E-state index in [4.69, 9.17) is 0 Å². The summed E-state index contributed by atoms with van der Waals surface area (Å²) in [4.78, 5) is 24.9. The number of aryl methyl sites for hydroxylation is 1. The average Bonchev–Trinajstić information content (AvgIpc) is 2.71. The zero-order valence-corrected chi connectivity index (χ0v) is 13.5. The van der Waals surface area contributed by atoms with E-state index in [9.17, 15) is 14.7 Å². The van der Waals surface area contributed by atoms with E-state index in [1.807, 2.05) is 13.8 Å². The molecule has 0 radical (unpaired) electrons. The monoisotopic (exact) mass is 312 g/mol. The van der Waals surface area contributed by atoms with Gasteiger partial charge in [-0.15, -0.1) is 0 Å². The van der Waals surface area contributed by atoms with Crippen molar-refractivity contribution in [1.82, 2.24) is 9.88 Å². The van der Waals surface area contributed by atoms with Crippen molar-refractivity contribution < 1.29 is 9.90 Å². The zero-order chi connectivity index (χ0) is 15.4. The third-order valence-electron chi connectivity index (χ3n) is 4.43. The molecule has 118 valence electrons. The van der Waals surface area contributed by atoms with E-state index in [0.717, 1.165) is 36.3 Å². The molecule has 2 N–H and O–H groups in total. The van der Waals surface area contributed by atoms with Gasteiger partial charge in [0.2, 0.25) is 5.91 Å². The first-order valence-corrected chi connectivity index (χ1v) is 8.41. The molecule has 1 aliphatic carbocycles. The van der Waals surface area contributed by atoms with Gasteiger partial charge in [-0.05, 0) is 26.7 Å². The first-order chi connectivity index (χ1) is 10.0. The SMILES string of the molecule is Cc1sc(=O)n(CCC(=O)NC2CCCCC2CO)c1C. The average molecular weight is 312 g/mol. The minimum absolute atomic E-state index is 0.00343. The molecule has 0 bridgehead atoms. The van der Waals surface area contributed by atoms with E-state index in [-0.39, 0.29) is 29.3 Å². The molecule has 0 saturated heterocycles. The summed E-state index contributed by atoms with van der Waals surface area (Å²) in [5, 5.41) is 12.4. The van der Waals surface area contributed by atoms with Crippen LogP contribution in [0, 0.1) is 19.8 Å². The summed E-state index contributed by atoms with van der Waals surface area (Å²) in [6.07, 6.45) is 4.45. The Balaban J connectivity index is 1.88. The van der Waals surface area contributed by atoms with Crippen molar-refractivity contribution in [1.29, 1.82) is 0 Å². The summed E-state index contributed by atoms with van der Waals surface area (Å²) in [6.45, 7) is 4.39. The number of amides is 1. The van der Waals surface area contributed by atoms with Crippen molar-refractivity contribution in [2.45, 2.75) is 58.5 Å². The van der Waals surface area contributed by atoms with Crippen LogP contribution in [0.3, 0.4) is 0 Å². The molecule has 1 heterocycles. The number of nitrogens with zero attached hydrogens (tertiary/aromatic N) is 1. The van der Waals surface area contributed by atoms with Crippen molar-refractivity contribution >= 4 is 17.2 Å². The number of nitrogens with one attached hydrogen (secondary N) is 1. The Morgan fingerprint density at radius 1 is 1.38 bits per heavy atom. The van der Waals surface area contributed by atoms with Gasteiger partial charge >= 0.3 is 4.87 Å². The van der Waals surface area contributed by atoms with E-state index in [2.05, 4.69) is 5.32 Å². The first-order valence-electron chi connectivity index (χ1n) is 7.60. The second-order valence-corrected chi connectivity index (χ2v) is 6.98. The highest BCUT2D eigenvalue weighted by Crippen LogP contribution is 2.24. The third kappa shape index (κ3) is 3.95. The largest absolute Gasteiger partial charge is 0.396 e. The van der Waals surface area contributed by atoms with Gasteiger partial charge in [-0.25, -0.2) is 0 Å². The fourth-order valence-electron chi connectivity index (χ4n) is 2.95. The van der Waals surface area contributed by atoms with Gasteiger partial charge in [-0.1, -0.05) is 24.2 Å². The third-order valence-corrected chi connectivity index (χ3v) is 5.42. The van der Waals surface area contributed by atoms with Gasteiger partial charge in [0.15, 0.2) is 0 Å². The van der Waals surface area contributed by atoms with E-state index in [1.54, 1.807) is 4.57 Å². The Hall–Kier alpha value is -1.14. The standard InChI is InChI=1S/C15H24N2O3S/c1-10-11(2)21-15(20)17(10)8-7-14(19)16-13-6-4-3-5-12(13)9-18/h12-13,18H,3-9H2,1-2H3,(H,16,19). The molecule has 21 heavy (non-hydrogen) atoms. The molecule has 1 aromatic rings. The van der Waals surface area contributed by atoms with Gasteiger partial charge < -0.3 is 15.0 Å². The number of thiazole rings is 1. The van der Waals surface area contributed by atoms with E-state index >= 15 is 0 Å². The Bertz CT molecular complexity index is 550. The highest BCUT2D eigenvalue weighted by molar-refractivity contribution is 7.09. The second kappa shape index (κ2) is 7.22. The maximum atomic E-state index is 12.1. The van der Waals surface area contributed by atoms with Crippen molar-refractivity contribution in [2.24, 2.45) is 5.92 Å². The molecule has 0 spiro atoms. The zero-order valence-electron chi connectivity index (χ0n) is 12.7. The van der Waals surface area contributed by atoms with Gasteiger partial charge in [-0.2, -0.15) is 0 Å². The highest BCUT2D eigenvalue weighted by atomic mass is 32.1. The van der Waals surface area contributed by atoms with E-state index in [0.29, 0.717) is 13.0 Å². The molecular formula is C15H24N2O3S. The number of aromatic nitrogens is 1. The number of hydrogen-bond acceptors (Lipinski definition) is 4. The van der Waals surface area contributed by atoms with Crippen LogP contribution in [-0.4, -0.2) is 28.2 Å². The molecule has 2 rings (SSSR count). The van der Waals surface area contributed by atoms with Gasteiger partial charge in [0.05, 0.1) is 0 Å². The second-order valence-electron chi connectivity index (χ2n) is 5.81. The Labute approximate surface area is 129 Å². The lowest BCUT2D eigenvalue weighted by Crippen LogP contribution is -2.43. The van der Waals surface area contributed by atoms with Crippen LogP contribution >= 0.6 is 11.3 Å².